The zero-order chi connectivity index (χ0) is 28.4. The minimum absolute atomic E-state index is 0.0155. The van der Waals surface area contributed by atoms with Gasteiger partial charge in [0.2, 0.25) is 5.91 Å². The summed E-state index contributed by atoms with van der Waals surface area (Å²) in [6, 6.07) is 17.4. The van der Waals surface area contributed by atoms with E-state index in [-0.39, 0.29) is 24.4 Å². The molecule has 0 spiro atoms. The van der Waals surface area contributed by atoms with E-state index in [2.05, 4.69) is 23.7 Å². The largest absolute Gasteiger partial charge is 0.385 e. The molecule has 8 heteroatoms. The van der Waals surface area contributed by atoms with Gasteiger partial charge in [-0.15, -0.1) is 0 Å². The molecule has 3 amide bonds. The van der Waals surface area contributed by atoms with Crippen LogP contribution in [0.15, 0.2) is 60.8 Å². The van der Waals surface area contributed by atoms with E-state index >= 15 is 0 Å². The minimum Gasteiger partial charge on any atom is -0.385 e. The molecule has 210 valence electrons. The standard InChI is InChI=1S/C31H41ClN4O3/c1-23(2)19-36(21-27-14-9-16-34(27)20-26-13-6-7-15-28(26)32)29(37)22-35(17-10-18-39-5)31(38)33-30-24(3)11-8-12-25(30)4/h6-9,11-16,23H,10,17-22H2,1-5H3,(H,33,38). The zero-order valence-corrected chi connectivity index (χ0v) is 24.5. The zero-order valence-electron chi connectivity index (χ0n) is 23.7. The lowest BCUT2D eigenvalue weighted by Crippen LogP contribution is -2.46. The van der Waals surface area contributed by atoms with Crippen LogP contribution in [-0.4, -0.2) is 59.7 Å². The average Bonchev–Trinajstić information content (AvgIpc) is 3.32. The Morgan fingerprint density at radius 1 is 1.00 bits per heavy atom. The third kappa shape index (κ3) is 8.87. The molecular formula is C31H41ClN4O3. The maximum Gasteiger partial charge on any atom is 0.322 e. The highest BCUT2D eigenvalue weighted by Crippen LogP contribution is 2.21. The molecule has 0 fully saturated rings. The van der Waals surface area contributed by atoms with Crippen molar-refractivity contribution in [3.63, 3.8) is 0 Å². The predicted molar refractivity (Wildman–Crippen MR) is 158 cm³/mol. The van der Waals surface area contributed by atoms with Gasteiger partial charge in [-0.25, -0.2) is 4.79 Å². The van der Waals surface area contributed by atoms with Crippen LogP contribution in [0.25, 0.3) is 0 Å². The number of hydrogen-bond acceptors (Lipinski definition) is 3. The quantitative estimate of drug-likeness (QED) is 0.251. The smallest absolute Gasteiger partial charge is 0.322 e. The van der Waals surface area contributed by atoms with E-state index in [0.29, 0.717) is 44.2 Å². The van der Waals surface area contributed by atoms with Crippen LogP contribution in [0.2, 0.25) is 5.02 Å². The first kappa shape index (κ1) is 30.3. The summed E-state index contributed by atoms with van der Waals surface area (Å²) >= 11 is 6.40. The van der Waals surface area contributed by atoms with Gasteiger partial charge in [-0.3, -0.25) is 4.79 Å². The summed E-state index contributed by atoms with van der Waals surface area (Å²) in [7, 11) is 1.63. The van der Waals surface area contributed by atoms with Crippen molar-refractivity contribution in [1.29, 1.82) is 0 Å². The maximum atomic E-state index is 13.7. The van der Waals surface area contributed by atoms with E-state index in [1.807, 2.05) is 79.5 Å². The molecular weight excluding hydrogens is 512 g/mol. The van der Waals surface area contributed by atoms with Gasteiger partial charge in [0.15, 0.2) is 0 Å². The highest BCUT2D eigenvalue weighted by molar-refractivity contribution is 6.31. The second-order valence-corrected chi connectivity index (χ2v) is 10.8. The molecule has 3 aromatic rings. The number of nitrogens with one attached hydrogen (secondary N) is 1. The first-order chi connectivity index (χ1) is 18.7. The lowest BCUT2D eigenvalue weighted by atomic mass is 10.1. The number of hydrogen-bond donors (Lipinski definition) is 1. The number of aromatic nitrogens is 1. The molecule has 0 atom stereocenters. The van der Waals surface area contributed by atoms with Crippen LogP contribution in [-0.2, 0) is 22.6 Å². The predicted octanol–water partition coefficient (Wildman–Crippen LogP) is 6.36. The van der Waals surface area contributed by atoms with Crippen molar-refractivity contribution in [3.8, 4) is 0 Å². The minimum atomic E-state index is -0.288. The van der Waals surface area contributed by atoms with Gasteiger partial charge in [0.05, 0.1) is 6.54 Å². The number of rotatable bonds is 13. The van der Waals surface area contributed by atoms with Crippen molar-refractivity contribution < 1.29 is 14.3 Å². The van der Waals surface area contributed by atoms with Crippen LogP contribution in [0.1, 0.15) is 42.7 Å². The normalized spacial score (nSPS) is 11.1. The Morgan fingerprint density at radius 3 is 2.38 bits per heavy atom. The highest BCUT2D eigenvalue weighted by Gasteiger charge is 2.23. The molecule has 0 saturated carbocycles. The van der Waals surface area contributed by atoms with Crippen LogP contribution in [0.3, 0.4) is 0 Å². The van der Waals surface area contributed by atoms with Crippen molar-refractivity contribution in [3.05, 3.63) is 88.2 Å². The van der Waals surface area contributed by atoms with Crippen molar-refractivity contribution >= 4 is 29.2 Å². The third-order valence-electron chi connectivity index (χ3n) is 6.62. The van der Waals surface area contributed by atoms with Gasteiger partial charge in [0, 0.05) is 56.0 Å². The van der Waals surface area contributed by atoms with Crippen LogP contribution in [0.4, 0.5) is 10.5 Å². The molecule has 1 heterocycles. The number of halogens is 1. The van der Waals surface area contributed by atoms with Crippen molar-refractivity contribution in [1.82, 2.24) is 14.4 Å². The Labute approximate surface area is 237 Å². The summed E-state index contributed by atoms with van der Waals surface area (Å²) in [5.74, 6) is 0.176. The molecule has 1 aromatic heterocycles. The second kappa shape index (κ2) is 14.8. The molecule has 7 nitrogen and oxygen atoms in total. The molecule has 39 heavy (non-hydrogen) atoms. The fraction of sp³-hybridized carbons (Fsp3) is 0.419. The van der Waals surface area contributed by atoms with E-state index in [0.717, 1.165) is 28.1 Å². The number of carbonyl (C=O) groups excluding carboxylic acids is 2. The Bertz CT molecular complexity index is 1220. The lowest BCUT2D eigenvalue weighted by Gasteiger charge is -2.29. The van der Waals surface area contributed by atoms with Crippen LogP contribution in [0.5, 0.6) is 0 Å². The van der Waals surface area contributed by atoms with Gasteiger partial charge in [0.25, 0.3) is 0 Å². The molecule has 3 rings (SSSR count). The number of ether oxygens (including phenoxy) is 1. The summed E-state index contributed by atoms with van der Waals surface area (Å²) in [5.41, 5.74) is 4.77. The number of amides is 3. The van der Waals surface area contributed by atoms with Gasteiger partial charge >= 0.3 is 6.03 Å². The number of methoxy groups -OCH3 is 1. The molecule has 1 N–H and O–H groups in total. The Balaban J connectivity index is 1.78. The SMILES string of the molecule is COCCCN(CC(=O)N(Cc1cccn1Cc1ccccc1Cl)CC(C)C)C(=O)Nc1c(C)cccc1C. The first-order valence-corrected chi connectivity index (χ1v) is 13.8. The fourth-order valence-corrected chi connectivity index (χ4v) is 4.76. The van der Waals surface area contributed by atoms with E-state index < -0.39 is 0 Å². The third-order valence-corrected chi connectivity index (χ3v) is 6.98. The Kier molecular flexibility index (Phi) is 11.4. The van der Waals surface area contributed by atoms with Crippen LogP contribution >= 0.6 is 11.6 Å². The summed E-state index contributed by atoms with van der Waals surface area (Å²) in [4.78, 5) is 30.5. The van der Waals surface area contributed by atoms with Crippen molar-refractivity contribution in [2.75, 3.05) is 38.7 Å². The van der Waals surface area contributed by atoms with E-state index in [1.54, 1.807) is 12.0 Å². The summed E-state index contributed by atoms with van der Waals surface area (Å²) in [6.45, 7) is 10.7. The molecule has 0 aliphatic carbocycles. The average molecular weight is 553 g/mol. The number of para-hydroxylation sites is 1. The second-order valence-electron chi connectivity index (χ2n) is 10.4. The van der Waals surface area contributed by atoms with Gasteiger partial charge in [0.1, 0.15) is 6.54 Å². The molecule has 0 saturated heterocycles. The van der Waals surface area contributed by atoms with E-state index in [9.17, 15) is 9.59 Å². The molecule has 0 bridgehead atoms. The number of anilines is 1. The van der Waals surface area contributed by atoms with E-state index in [1.165, 1.54) is 0 Å². The highest BCUT2D eigenvalue weighted by atomic mass is 35.5. The van der Waals surface area contributed by atoms with Gasteiger partial charge in [-0.05, 0) is 61.1 Å². The maximum absolute atomic E-state index is 13.7. The van der Waals surface area contributed by atoms with Gasteiger partial charge < -0.3 is 24.4 Å². The summed E-state index contributed by atoms with van der Waals surface area (Å²) in [5, 5.41) is 3.75. The topological polar surface area (TPSA) is 66.8 Å². The van der Waals surface area contributed by atoms with Crippen molar-refractivity contribution in [2.45, 2.75) is 47.2 Å². The Morgan fingerprint density at radius 2 is 1.72 bits per heavy atom. The fourth-order valence-electron chi connectivity index (χ4n) is 4.56. The van der Waals surface area contributed by atoms with Gasteiger partial charge in [-0.1, -0.05) is 61.8 Å². The number of aryl methyl sites for hydroxylation is 2. The monoisotopic (exact) mass is 552 g/mol. The molecule has 0 aliphatic heterocycles. The van der Waals surface area contributed by atoms with Crippen LogP contribution in [0, 0.1) is 19.8 Å². The lowest BCUT2D eigenvalue weighted by molar-refractivity contribution is -0.133. The molecule has 0 aliphatic rings. The van der Waals surface area contributed by atoms with E-state index in [4.69, 9.17) is 16.3 Å². The number of nitrogens with zero attached hydrogens (tertiary/aromatic N) is 3. The molecule has 2 aromatic carbocycles. The number of carbonyl (C=O) groups is 2. The molecule has 0 radical (unpaired) electrons. The van der Waals surface area contributed by atoms with Crippen molar-refractivity contribution in [2.24, 2.45) is 5.92 Å². The van der Waals surface area contributed by atoms with Gasteiger partial charge in [-0.2, -0.15) is 0 Å². The number of urea groups is 1. The summed E-state index contributed by atoms with van der Waals surface area (Å²) < 4.78 is 7.33. The first-order valence-electron chi connectivity index (χ1n) is 13.5. The summed E-state index contributed by atoms with van der Waals surface area (Å²) in [6.07, 6.45) is 2.64. The van der Waals surface area contributed by atoms with Crippen LogP contribution < -0.4 is 5.32 Å². The Hall–Kier alpha value is -3.29. The number of benzene rings is 2. The molecule has 0 unspecified atom stereocenters.